The summed E-state index contributed by atoms with van der Waals surface area (Å²) in [4.78, 5) is 0. The monoisotopic (exact) mass is 166 g/mol. The Hall–Kier alpha value is -0.133. The van der Waals surface area contributed by atoms with Gasteiger partial charge in [-0.2, -0.15) is 0 Å². The maximum Gasteiger partial charge on any atom is 0.775 e. The molecule has 7 heteroatoms. The van der Waals surface area contributed by atoms with Crippen LogP contribution in [0.4, 0.5) is 0 Å². The van der Waals surface area contributed by atoms with Crippen molar-refractivity contribution in [1.29, 1.82) is 0 Å². The molecule has 0 saturated carbocycles. The SMILES string of the molecule is C=CO[Si]12OP(=O)(O1)O2. The summed E-state index contributed by atoms with van der Waals surface area (Å²) in [6, 6.07) is 0. The standard InChI is InChI=1S/C2H3O5PSi/c1-2-4-9-5-8(3,6-9)7-9/h2H,1H2. The van der Waals surface area contributed by atoms with Crippen LogP contribution in [0.25, 0.3) is 0 Å². The van der Waals surface area contributed by atoms with E-state index in [1.165, 1.54) is 0 Å². The van der Waals surface area contributed by atoms with Gasteiger partial charge < -0.3 is 4.43 Å². The van der Waals surface area contributed by atoms with Gasteiger partial charge in [0, 0.05) is 0 Å². The topological polar surface area (TPSA) is 54.0 Å². The zero-order valence-electron chi connectivity index (χ0n) is 4.27. The molecule has 3 rings (SSSR count). The minimum atomic E-state index is -3.03. The zero-order valence-corrected chi connectivity index (χ0v) is 6.17. The van der Waals surface area contributed by atoms with Gasteiger partial charge >= 0.3 is 16.9 Å². The number of rotatable bonds is 2. The molecular weight excluding hydrogens is 163 g/mol. The summed E-state index contributed by atoms with van der Waals surface area (Å²) in [6.07, 6.45) is 1.15. The molecule has 9 heavy (non-hydrogen) atoms. The van der Waals surface area contributed by atoms with E-state index in [0.29, 0.717) is 0 Å². The molecule has 3 aliphatic heterocycles. The van der Waals surface area contributed by atoms with Crippen molar-refractivity contribution in [3.63, 3.8) is 0 Å². The third-order valence-electron chi connectivity index (χ3n) is 0.898. The molecule has 3 fully saturated rings. The minimum absolute atomic E-state index is 1.15. The highest BCUT2D eigenvalue weighted by Crippen LogP contribution is 2.77. The molecule has 0 N–H and O–H groups in total. The summed E-state index contributed by atoms with van der Waals surface area (Å²) in [5.74, 6) is 0. The minimum Gasteiger partial charge on any atom is -0.487 e. The first-order valence-electron chi connectivity index (χ1n) is 2.19. The summed E-state index contributed by atoms with van der Waals surface area (Å²) >= 11 is 0. The van der Waals surface area contributed by atoms with Gasteiger partial charge in [-0.1, -0.05) is 6.58 Å². The molecule has 0 radical (unpaired) electrons. The Kier molecular flexibility index (Phi) is 0.817. The zero-order chi connectivity index (χ0) is 6.54. The molecule has 0 aromatic rings. The van der Waals surface area contributed by atoms with Gasteiger partial charge in [0.15, 0.2) is 0 Å². The molecule has 0 spiro atoms. The smallest absolute Gasteiger partial charge is 0.487 e. The molecule has 2 bridgehead atoms. The van der Waals surface area contributed by atoms with Crippen LogP contribution in [0.3, 0.4) is 0 Å². The second-order valence-electron chi connectivity index (χ2n) is 1.51. The van der Waals surface area contributed by atoms with Crippen LogP contribution in [-0.4, -0.2) is 9.05 Å². The summed E-state index contributed by atoms with van der Waals surface area (Å²) in [5, 5.41) is 0. The number of hydrogen-bond donors (Lipinski definition) is 0. The van der Waals surface area contributed by atoms with E-state index in [2.05, 4.69) is 23.6 Å². The first-order valence-corrected chi connectivity index (χ1v) is 5.28. The molecule has 3 aliphatic rings. The van der Waals surface area contributed by atoms with Gasteiger partial charge in [0.25, 0.3) is 0 Å². The van der Waals surface area contributed by atoms with Crippen LogP contribution in [0, 0.1) is 0 Å². The molecule has 0 aromatic heterocycles. The molecular formula is C2H3O5PSi. The molecule has 0 unspecified atom stereocenters. The maximum atomic E-state index is 10.5. The Morgan fingerprint density at radius 2 is 2.11 bits per heavy atom. The van der Waals surface area contributed by atoms with Crippen LogP contribution >= 0.6 is 7.82 Å². The fourth-order valence-corrected chi connectivity index (χ4v) is 4.77. The lowest BCUT2D eigenvalue weighted by Gasteiger charge is -2.48. The fraction of sp³-hybridized carbons (Fsp3) is 0. The molecule has 50 valence electrons. The quantitative estimate of drug-likeness (QED) is 0.344. The van der Waals surface area contributed by atoms with Crippen LogP contribution in [-0.2, 0) is 21.6 Å². The summed E-state index contributed by atoms with van der Waals surface area (Å²) < 4.78 is 28.9. The van der Waals surface area contributed by atoms with Crippen molar-refractivity contribution >= 4 is 16.9 Å². The molecule has 0 amide bonds. The number of hydrogen-bond acceptors (Lipinski definition) is 5. The van der Waals surface area contributed by atoms with Crippen molar-refractivity contribution in [2.45, 2.75) is 0 Å². The van der Waals surface area contributed by atoms with Gasteiger partial charge in [0.2, 0.25) is 0 Å². The van der Waals surface area contributed by atoms with Crippen molar-refractivity contribution in [1.82, 2.24) is 0 Å². The first kappa shape index (κ1) is 5.64. The normalized spacial score (nSPS) is 52.9. The third kappa shape index (κ3) is 0.566. The number of phosphoric acid groups is 1. The van der Waals surface area contributed by atoms with Crippen LogP contribution < -0.4 is 0 Å². The molecule has 0 atom stereocenters. The predicted octanol–water partition coefficient (Wildman–Crippen LogP) is 0.767. The van der Waals surface area contributed by atoms with E-state index < -0.39 is 16.9 Å². The first-order chi connectivity index (χ1) is 4.18. The van der Waals surface area contributed by atoms with Crippen molar-refractivity contribution < 1.29 is 21.6 Å². The Balaban J connectivity index is 2.04. The van der Waals surface area contributed by atoms with Gasteiger partial charge in [-0.3, -0.25) is 0 Å². The third-order valence-corrected chi connectivity index (χ3v) is 6.72. The van der Waals surface area contributed by atoms with Gasteiger partial charge in [0.05, 0.1) is 6.26 Å². The lowest BCUT2D eigenvalue weighted by Crippen LogP contribution is -2.64. The fourth-order valence-electron chi connectivity index (χ4n) is 0.598. The Bertz CT molecular complexity index is 180. The van der Waals surface area contributed by atoms with E-state index in [0.717, 1.165) is 6.26 Å². The summed E-state index contributed by atoms with van der Waals surface area (Å²) in [5.41, 5.74) is 0. The molecule has 5 nitrogen and oxygen atoms in total. The predicted molar refractivity (Wildman–Crippen MR) is 27.9 cm³/mol. The van der Waals surface area contributed by atoms with Gasteiger partial charge in [0.1, 0.15) is 0 Å². The van der Waals surface area contributed by atoms with Crippen molar-refractivity contribution in [3.8, 4) is 0 Å². The van der Waals surface area contributed by atoms with Crippen molar-refractivity contribution in [2.75, 3.05) is 0 Å². The highest BCUT2D eigenvalue weighted by Gasteiger charge is 2.85. The summed E-state index contributed by atoms with van der Waals surface area (Å²) in [6.45, 7) is 3.26. The lowest BCUT2D eigenvalue weighted by atomic mass is 11.2. The maximum absolute atomic E-state index is 10.5. The lowest BCUT2D eigenvalue weighted by molar-refractivity contribution is -0.0416. The molecule has 0 aliphatic carbocycles. The van der Waals surface area contributed by atoms with Crippen LogP contribution in [0.2, 0.25) is 0 Å². The van der Waals surface area contributed by atoms with E-state index in [9.17, 15) is 4.57 Å². The van der Waals surface area contributed by atoms with E-state index in [-0.39, 0.29) is 0 Å². The molecule has 3 saturated heterocycles. The van der Waals surface area contributed by atoms with E-state index in [4.69, 9.17) is 0 Å². The van der Waals surface area contributed by atoms with Gasteiger partial charge in [-0.05, 0) is 0 Å². The van der Waals surface area contributed by atoms with Crippen LogP contribution in [0.5, 0.6) is 0 Å². The Labute approximate surface area is 52.3 Å². The average molecular weight is 166 g/mol. The largest absolute Gasteiger partial charge is 0.775 e. The Morgan fingerprint density at radius 3 is 2.44 bits per heavy atom. The van der Waals surface area contributed by atoms with Gasteiger partial charge in [-0.25, -0.2) is 17.2 Å². The Morgan fingerprint density at radius 1 is 1.56 bits per heavy atom. The van der Waals surface area contributed by atoms with E-state index in [1.54, 1.807) is 0 Å². The second-order valence-corrected chi connectivity index (χ2v) is 5.83. The van der Waals surface area contributed by atoms with E-state index >= 15 is 0 Å². The highest BCUT2D eigenvalue weighted by atomic mass is 31.2. The molecule has 3 heterocycles. The van der Waals surface area contributed by atoms with Gasteiger partial charge in [-0.15, -0.1) is 0 Å². The molecule has 0 aromatic carbocycles. The van der Waals surface area contributed by atoms with Crippen LogP contribution in [0.15, 0.2) is 12.8 Å². The van der Waals surface area contributed by atoms with Crippen LogP contribution in [0.1, 0.15) is 0 Å². The average Bonchev–Trinajstić information content (AvgIpc) is 1.60. The second kappa shape index (κ2) is 1.30. The van der Waals surface area contributed by atoms with Crippen molar-refractivity contribution in [3.05, 3.63) is 12.8 Å². The summed E-state index contributed by atoms with van der Waals surface area (Å²) in [7, 11) is -5.84. The van der Waals surface area contributed by atoms with Crippen molar-refractivity contribution in [2.24, 2.45) is 0 Å². The highest BCUT2D eigenvalue weighted by molar-refractivity contribution is 7.62. The van der Waals surface area contributed by atoms with E-state index in [1.807, 2.05) is 0 Å².